The van der Waals surface area contributed by atoms with E-state index >= 15 is 0 Å². The smallest absolute Gasteiger partial charge is 0.0938 e. The van der Waals surface area contributed by atoms with Crippen molar-refractivity contribution in [2.24, 2.45) is 5.92 Å². The number of hydrogen-bond acceptors (Lipinski definition) is 1. The molecule has 0 aliphatic carbocycles. The van der Waals surface area contributed by atoms with Gasteiger partial charge < -0.3 is 9.80 Å². The Balaban J connectivity index is 2.09. The summed E-state index contributed by atoms with van der Waals surface area (Å²) in [5.74, 6) is 0.966. The van der Waals surface area contributed by atoms with Gasteiger partial charge in [-0.15, -0.1) is 0 Å². The van der Waals surface area contributed by atoms with Crippen LogP contribution in [0.2, 0.25) is 0 Å². The molecule has 2 aliphatic rings. The number of hydrogen-bond donors (Lipinski definition) is 1. The lowest BCUT2D eigenvalue weighted by molar-refractivity contribution is -0.897. The molecule has 2 rings (SSSR count). The van der Waals surface area contributed by atoms with E-state index in [1.165, 1.54) is 30.5 Å². The van der Waals surface area contributed by atoms with Crippen molar-refractivity contribution >= 4 is 0 Å². The number of rotatable bonds is 0. The summed E-state index contributed by atoms with van der Waals surface area (Å²) in [6.45, 7) is 3.98. The number of nitrogens with zero attached hydrogens (tertiary/aromatic N) is 1. The lowest BCUT2D eigenvalue weighted by atomic mass is 9.99. The molecule has 0 amide bonds. The van der Waals surface area contributed by atoms with Crippen molar-refractivity contribution in [2.45, 2.75) is 12.5 Å². The van der Waals surface area contributed by atoms with E-state index in [0.29, 0.717) is 0 Å². The number of nitrogens with one attached hydrogen (secondary N) is 1. The van der Waals surface area contributed by atoms with Gasteiger partial charge in [-0.2, -0.15) is 0 Å². The van der Waals surface area contributed by atoms with Crippen molar-refractivity contribution in [1.29, 1.82) is 0 Å². The summed E-state index contributed by atoms with van der Waals surface area (Å²) in [5, 5.41) is 3.56. The highest BCUT2D eigenvalue weighted by atomic mass is 15.3. The normalized spacial score (nSPS) is 43.8. The van der Waals surface area contributed by atoms with Gasteiger partial charge in [-0.1, -0.05) is 0 Å². The molecule has 2 bridgehead atoms. The molecule has 0 spiro atoms. The minimum atomic E-state index is 0.828. The van der Waals surface area contributed by atoms with Crippen LogP contribution in [0.4, 0.5) is 0 Å². The van der Waals surface area contributed by atoms with Crippen molar-refractivity contribution < 1.29 is 4.48 Å². The highest BCUT2D eigenvalue weighted by Gasteiger charge is 2.38. The van der Waals surface area contributed by atoms with E-state index in [4.69, 9.17) is 0 Å². The molecule has 2 heterocycles. The van der Waals surface area contributed by atoms with Gasteiger partial charge in [0.15, 0.2) is 0 Å². The predicted octanol–water partition coefficient (Wildman–Crippen LogP) is 0.0545. The Morgan fingerprint density at radius 1 is 1.30 bits per heavy atom. The van der Waals surface area contributed by atoms with Crippen LogP contribution in [0.3, 0.4) is 0 Å². The highest BCUT2D eigenvalue weighted by Crippen LogP contribution is 2.24. The van der Waals surface area contributed by atoms with E-state index in [1.807, 2.05) is 0 Å². The predicted molar refractivity (Wildman–Crippen MR) is 41.7 cm³/mol. The lowest BCUT2D eigenvalue weighted by Gasteiger charge is -2.36. The minimum absolute atomic E-state index is 0.828. The van der Waals surface area contributed by atoms with Crippen molar-refractivity contribution in [1.82, 2.24) is 5.32 Å². The maximum Gasteiger partial charge on any atom is 0.0938 e. The minimum Gasteiger partial charge on any atom is -0.327 e. The van der Waals surface area contributed by atoms with E-state index < -0.39 is 0 Å². The average Bonchev–Trinajstić information content (AvgIpc) is 2.08. The number of quaternary nitrogens is 1. The topological polar surface area (TPSA) is 12.0 Å². The second kappa shape index (κ2) is 1.95. The van der Waals surface area contributed by atoms with Gasteiger partial charge in [0.25, 0.3) is 0 Å². The van der Waals surface area contributed by atoms with E-state index in [9.17, 15) is 0 Å². The molecule has 10 heavy (non-hydrogen) atoms. The Morgan fingerprint density at radius 3 is 2.80 bits per heavy atom. The van der Waals surface area contributed by atoms with Crippen molar-refractivity contribution in [3.05, 3.63) is 0 Å². The third kappa shape index (κ3) is 1.06. The van der Waals surface area contributed by atoms with E-state index in [2.05, 4.69) is 19.4 Å². The molecule has 2 unspecified atom stereocenters. The average molecular weight is 141 g/mol. The first-order valence-electron chi connectivity index (χ1n) is 4.21. The molecule has 2 atom stereocenters. The molecule has 2 fully saturated rings. The molecule has 1 N–H and O–H groups in total. The molecule has 0 aromatic carbocycles. The summed E-state index contributed by atoms with van der Waals surface area (Å²) < 4.78 is 1.22. The second-order valence-corrected chi connectivity index (χ2v) is 4.51. The zero-order chi connectivity index (χ0) is 7.19. The Kier molecular flexibility index (Phi) is 1.29. The van der Waals surface area contributed by atoms with Gasteiger partial charge in [-0.05, 0) is 6.42 Å². The van der Waals surface area contributed by atoms with Crippen LogP contribution in [0.25, 0.3) is 0 Å². The summed E-state index contributed by atoms with van der Waals surface area (Å²) in [4.78, 5) is 0. The van der Waals surface area contributed by atoms with Crippen molar-refractivity contribution in [3.8, 4) is 0 Å². The van der Waals surface area contributed by atoms with Crippen LogP contribution in [-0.2, 0) is 0 Å². The fraction of sp³-hybridized carbons (Fsp3) is 1.00. The summed E-state index contributed by atoms with van der Waals surface area (Å²) in [6, 6.07) is 0.828. The molecule has 2 saturated heterocycles. The Hall–Kier alpha value is -0.0800. The van der Waals surface area contributed by atoms with Gasteiger partial charge in [0.1, 0.15) is 0 Å². The molecule has 58 valence electrons. The van der Waals surface area contributed by atoms with Crippen LogP contribution in [0.5, 0.6) is 0 Å². The van der Waals surface area contributed by atoms with Gasteiger partial charge in [0.2, 0.25) is 0 Å². The Bertz CT molecular complexity index is 128. The standard InChI is InChI=1S/C8H17N2/c1-10(2)5-7-3-8(6-10)9-4-7/h7-9H,3-6H2,1-2H3/q+1. The zero-order valence-corrected chi connectivity index (χ0v) is 6.93. The van der Waals surface area contributed by atoms with Crippen LogP contribution >= 0.6 is 0 Å². The maximum absolute atomic E-state index is 3.56. The van der Waals surface area contributed by atoms with E-state index in [1.54, 1.807) is 0 Å². The van der Waals surface area contributed by atoms with Crippen LogP contribution in [0, 0.1) is 5.92 Å². The monoisotopic (exact) mass is 141 g/mol. The van der Waals surface area contributed by atoms with Gasteiger partial charge >= 0.3 is 0 Å². The van der Waals surface area contributed by atoms with Crippen molar-refractivity contribution in [2.75, 3.05) is 33.7 Å². The van der Waals surface area contributed by atoms with Crippen molar-refractivity contribution in [3.63, 3.8) is 0 Å². The van der Waals surface area contributed by atoms with Crippen LogP contribution in [0.15, 0.2) is 0 Å². The fourth-order valence-corrected chi connectivity index (χ4v) is 2.55. The summed E-state index contributed by atoms with van der Waals surface area (Å²) >= 11 is 0. The number of likely N-dealkylation sites (tertiary alicyclic amines) is 1. The van der Waals surface area contributed by atoms with Gasteiger partial charge in [-0.25, -0.2) is 0 Å². The first-order valence-corrected chi connectivity index (χ1v) is 4.21. The van der Waals surface area contributed by atoms with Gasteiger partial charge in [0, 0.05) is 12.5 Å². The third-order valence-electron chi connectivity index (χ3n) is 2.78. The van der Waals surface area contributed by atoms with E-state index in [-0.39, 0.29) is 0 Å². The largest absolute Gasteiger partial charge is 0.327 e. The summed E-state index contributed by atoms with van der Waals surface area (Å²) in [7, 11) is 4.68. The third-order valence-corrected chi connectivity index (χ3v) is 2.78. The van der Waals surface area contributed by atoms with Crippen LogP contribution in [0.1, 0.15) is 6.42 Å². The van der Waals surface area contributed by atoms with Gasteiger partial charge in [0.05, 0.1) is 33.2 Å². The summed E-state index contributed by atoms with van der Waals surface area (Å²) in [6.07, 6.45) is 1.43. The fourth-order valence-electron chi connectivity index (χ4n) is 2.55. The quantitative estimate of drug-likeness (QED) is 0.470. The van der Waals surface area contributed by atoms with E-state index in [0.717, 1.165) is 12.0 Å². The first-order chi connectivity index (χ1) is 4.66. The molecular formula is C8H17N2+. The second-order valence-electron chi connectivity index (χ2n) is 4.51. The first kappa shape index (κ1) is 6.62. The molecule has 0 radical (unpaired) electrons. The number of piperidine rings is 1. The summed E-state index contributed by atoms with van der Waals surface area (Å²) in [5.41, 5.74) is 0. The lowest BCUT2D eigenvalue weighted by Crippen LogP contribution is -2.51. The molecule has 0 aromatic rings. The Labute approximate surface area is 62.8 Å². The molecule has 2 heteroatoms. The molecule has 0 aromatic heterocycles. The number of likely N-dealkylation sites (N-methyl/N-ethyl adjacent to an activating group) is 1. The van der Waals surface area contributed by atoms with Gasteiger partial charge in [-0.3, -0.25) is 0 Å². The molecular weight excluding hydrogens is 124 g/mol. The molecule has 2 aliphatic heterocycles. The number of fused-ring (bicyclic) bond motifs is 2. The maximum atomic E-state index is 3.56. The molecule has 2 nitrogen and oxygen atoms in total. The molecule has 0 saturated carbocycles. The SMILES string of the molecule is C[N+]1(C)CC2CNC(C2)C1. The zero-order valence-electron chi connectivity index (χ0n) is 6.93. The highest BCUT2D eigenvalue weighted by molar-refractivity contribution is 4.84. The van der Waals surface area contributed by atoms with Crippen LogP contribution in [-0.4, -0.2) is 44.3 Å². The Morgan fingerprint density at radius 2 is 2.10 bits per heavy atom. The van der Waals surface area contributed by atoms with Crippen LogP contribution < -0.4 is 5.32 Å².